The largest absolute Gasteiger partial charge is 0.204 e. The molecule has 0 aliphatic carbocycles. The Balaban J connectivity index is 2.43. The van der Waals surface area contributed by atoms with Gasteiger partial charge < -0.3 is 0 Å². The van der Waals surface area contributed by atoms with Crippen molar-refractivity contribution in [1.29, 1.82) is 0 Å². The molecule has 5 heteroatoms. The fourth-order valence-electron chi connectivity index (χ4n) is 1.61. The minimum Gasteiger partial charge on any atom is -0.204 e. The van der Waals surface area contributed by atoms with E-state index in [1.54, 1.807) is 0 Å². The molecule has 0 saturated carbocycles. The molecule has 2 rings (SSSR count). The third-order valence-corrected chi connectivity index (χ3v) is 4.12. The zero-order valence-corrected chi connectivity index (χ0v) is 11.0. The van der Waals surface area contributed by atoms with Gasteiger partial charge in [-0.2, -0.15) is 0 Å². The Morgan fingerprint density at radius 2 is 1.05 bits per heavy atom. The van der Waals surface area contributed by atoms with Crippen molar-refractivity contribution in [2.45, 2.75) is 23.6 Å². The third-order valence-electron chi connectivity index (χ3n) is 2.80. The summed E-state index contributed by atoms with van der Waals surface area (Å²) in [6.07, 6.45) is 0. The van der Waals surface area contributed by atoms with E-state index in [1.165, 1.54) is 26.0 Å². The number of hydrogen-bond acceptors (Lipinski definition) is 1. The van der Waals surface area contributed by atoms with E-state index < -0.39 is 23.3 Å². The average molecular weight is 286 g/mol. The highest BCUT2D eigenvalue weighted by Crippen LogP contribution is 2.35. The van der Waals surface area contributed by atoms with Crippen molar-refractivity contribution in [3.8, 4) is 0 Å². The van der Waals surface area contributed by atoms with Crippen LogP contribution in [0.4, 0.5) is 17.6 Å². The van der Waals surface area contributed by atoms with Gasteiger partial charge in [0.15, 0.2) is 23.3 Å². The van der Waals surface area contributed by atoms with E-state index in [1.807, 2.05) is 0 Å². The van der Waals surface area contributed by atoms with E-state index in [4.69, 9.17) is 0 Å². The highest BCUT2D eigenvalue weighted by atomic mass is 32.2. The molecule has 0 aromatic heterocycles. The van der Waals surface area contributed by atoms with Crippen molar-refractivity contribution in [2.24, 2.45) is 0 Å². The molecule has 0 amide bonds. The Morgan fingerprint density at radius 1 is 0.684 bits per heavy atom. The van der Waals surface area contributed by atoms with E-state index in [0.717, 1.165) is 23.9 Å². The molecule has 0 radical (unpaired) electrons. The van der Waals surface area contributed by atoms with Gasteiger partial charge in [-0.1, -0.05) is 11.8 Å². The average Bonchev–Trinajstić information content (AvgIpc) is 2.39. The second-order valence-electron chi connectivity index (χ2n) is 4.07. The van der Waals surface area contributed by atoms with Crippen molar-refractivity contribution >= 4 is 11.8 Å². The van der Waals surface area contributed by atoms with Crippen LogP contribution >= 0.6 is 11.8 Å². The molecular formula is C14H10F4S. The Bertz CT molecular complexity index is 582. The molecule has 0 fully saturated rings. The second-order valence-corrected chi connectivity index (χ2v) is 5.15. The van der Waals surface area contributed by atoms with Gasteiger partial charge in [0.25, 0.3) is 0 Å². The maximum Gasteiger partial charge on any atom is 0.162 e. The van der Waals surface area contributed by atoms with Crippen LogP contribution in [0, 0.1) is 37.1 Å². The summed E-state index contributed by atoms with van der Waals surface area (Å²) in [7, 11) is 0. The Labute approximate surface area is 112 Å². The van der Waals surface area contributed by atoms with Crippen LogP contribution in [-0.4, -0.2) is 0 Å². The molecule has 0 nitrogen and oxygen atoms in total. The van der Waals surface area contributed by atoms with Crippen molar-refractivity contribution < 1.29 is 17.6 Å². The Kier molecular flexibility index (Phi) is 3.85. The highest BCUT2D eigenvalue weighted by Gasteiger charge is 2.14. The number of halogens is 4. The minimum atomic E-state index is -0.927. The van der Waals surface area contributed by atoms with Crippen LogP contribution in [-0.2, 0) is 0 Å². The summed E-state index contributed by atoms with van der Waals surface area (Å²) in [4.78, 5) is 0.931. The monoisotopic (exact) mass is 286 g/mol. The number of benzene rings is 2. The van der Waals surface area contributed by atoms with E-state index in [-0.39, 0.29) is 11.1 Å². The smallest absolute Gasteiger partial charge is 0.162 e. The topological polar surface area (TPSA) is 0 Å². The zero-order chi connectivity index (χ0) is 14.2. The summed E-state index contributed by atoms with van der Waals surface area (Å²) in [5.74, 6) is -3.71. The van der Waals surface area contributed by atoms with Gasteiger partial charge in [0, 0.05) is 20.9 Å². The zero-order valence-electron chi connectivity index (χ0n) is 10.2. The Morgan fingerprint density at radius 3 is 1.42 bits per heavy atom. The lowest BCUT2D eigenvalue weighted by atomic mass is 10.2. The van der Waals surface area contributed by atoms with Crippen LogP contribution in [0.25, 0.3) is 0 Å². The van der Waals surface area contributed by atoms with Gasteiger partial charge in [-0.15, -0.1) is 0 Å². The lowest BCUT2D eigenvalue weighted by Crippen LogP contribution is -1.94. The summed E-state index contributed by atoms with van der Waals surface area (Å²) >= 11 is 1.07. The first-order valence-electron chi connectivity index (χ1n) is 5.49. The Hall–Kier alpha value is -1.49. The van der Waals surface area contributed by atoms with E-state index in [0.29, 0.717) is 9.79 Å². The molecule has 0 saturated heterocycles. The first-order chi connectivity index (χ1) is 8.91. The molecule has 0 spiro atoms. The molecule has 0 bridgehead atoms. The van der Waals surface area contributed by atoms with Crippen LogP contribution in [0.1, 0.15) is 11.1 Å². The van der Waals surface area contributed by atoms with Gasteiger partial charge in [0.2, 0.25) is 0 Å². The fraction of sp³-hybridized carbons (Fsp3) is 0.143. The van der Waals surface area contributed by atoms with E-state index >= 15 is 0 Å². The first-order valence-corrected chi connectivity index (χ1v) is 6.30. The van der Waals surface area contributed by atoms with Crippen LogP contribution in [0.15, 0.2) is 34.1 Å². The number of hydrogen-bond donors (Lipinski definition) is 0. The third kappa shape index (κ3) is 2.61. The molecule has 100 valence electrons. The van der Waals surface area contributed by atoms with Gasteiger partial charge in [0.05, 0.1) is 0 Å². The molecule has 0 atom stereocenters. The second kappa shape index (κ2) is 5.25. The molecule has 0 unspecified atom stereocenters. The van der Waals surface area contributed by atoms with E-state index in [2.05, 4.69) is 0 Å². The summed E-state index contributed by atoms with van der Waals surface area (Å²) < 4.78 is 52.8. The van der Waals surface area contributed by atoms with Gasteiger partial charge in [-0.05, 0) is 38.1 Å². The van der Waals surface area contributed by atoms with Crippen LogP contribution in [0.3, 0.4) is 0 Å². The van der Waals surface area contributed by atoms with Crippen LogP contribution in [0.5, 0.6) is 0 Å². The van der Waals surface area contributed by atoms with Gasteiger partial charge in [0.1, 0.15) is 0 Å². The lowest BCUT2D eigenvalue weighted by Gasteiger charge is -2.10. The summed E-state index contributed by atoms with van der Waals surface area (Å²) in [6, 6.07) is 4.86. The highest BCUT2D eigenvalue weighted by molar-refractivity contribution is 7.99. The van der Waals surface area contributed by atoms with Gasteiger partial charge in [-0.3, -0.25) is 0 Å². The fourth-order valence-corrected chi connectivity index (χ4v) is 2.60. The molecule has 19 heavy (non-hydrogen) atoms. The predicted octanol–water partition coefficient (Wildman–Crippen LogP) is 5.01. The normalized spacial score (nSPS) is 10.8. The van der Waals surface area contributed by atoms with E-state index in [9.17, 15) is 17.6 Å². The van der Waals surface area contributed by atoms with Gasteiger partial charge in [-0.25, -0.2) is 17.6 Å². The molecule has 0 aliphatic heterocycles. The molecule has 0 heterocycles. The molecule has 2 aromatic carbocycles. The predicted molar refractivity (Wildman–Crippen MR) is 66.3 cm³/mol. The maximum atomic E-state index is 13.4. The van der Waals surface area contributed by atoms with Crippen molar-refractivity contribution in [3.05, 3.63) is 58.7 Å². The van der Waals surface area contributed by atoms with Crippen LogP contribution < -0.4 is 0 Å². The SMILES string of the molecule is Cc1c(Sc2ccc(F)c(F)c2C)ccc(F)c1F. The molecule has 2 aromatic rings. The lowest BCUT2D eigenvalue weighted by molar-refractivity contribution is 0.498. The van der Waals surface area contributed by atoms with Crippen molar-refractivity contribution in [1.82, 2.24) is 0 Å². The van der Waals surface area contributed by atoms with Crippen LogP contribution in [0.2, 0.25) is 0 Å². The van der Waals surface area contributed by atoms with Crippen molar-refractivity contribution in [2.75, 3.05) is 0 Å². The standard InChI is InChI=1S/C14H10F4S/c1-7-11(5-3-9(15)13(7)17)19-12-6-4-10(16)14(18)8(12)2/h3-6H,1-2H3. The minimum absolute atomic E-state index is 0.147. The summed E-state index contributed by atoms with van der Waals surface area (Å²) in [6.45, 7) is 2.88. The maximum absolute atomic E-state index is 13.4. The van der Waals surface area contributed by atoms with Crippen molar-refractivity contribution in [3.63, 3.8) is 0 Å². The number of rotatable bonds is 2. The summed E-state index contributed by atoms with van der Waals surface area (Å²) in [5.41, 5.74) is 0.295. The first kappa shape index (κ1) is 13.9. The molecular weight excluding hydrogens is 276 g/mol. The molecule has 0 N–H and O–H groups in total. The quantitative estimate of drug-likeness (QED) is 0.699. The summed E-state index contributed by atoms with van der Waals surface area (Å²) in [5, 5.41) is 0. The molecule has 0 aliphatic rings. The van der Waals surface area contributed by atoms with Gasteiger partial charge >= 0.3 is 0 Å².